The molecule has 0 spiro atoms. The SMILES string of the molecule is C[C@@H]1CNc2cc3ccn(COCC[Si](C)(C)C)c3nc2C1=O. The largest absolute Gasteiger partial charge is 0.382 e. The zero-order valence-corrected chi connectivity index (χ0v) is 15.3. The lowest BCUT2D eigenvalue weighted by atomic mass is 9.98. The Hall–Kier alpha value is -1.66. The predicted octanol–water partition coefficient (Wildman–Crippen LogP) is 3.59. The van der Waals surface area contributed by atoms with Crippen LogP contribution in [0.1, 0.15) is 17.4 Å². The van der Waals surface area contributed by atoms with E-state index in [4.69, 9.17) is 4.74 Å². The van der Waals surface area contributed by atoms with Gasteiger partial charge in [-0.3, -0.25) is 4.79 Å². The standard InChI is InChI=1S/C17H25N3O2Si/c1-12-10-18-14-9-13-5-6-20(11-22-7-8-23(2,3)4)17(13)19-15(14)16(12)21/h5-6,9,12,18H,7-8,10-11H2,1-4H3/t12-/m1/s1. The first-order valence-electron chi connectivity index (χ1n) is 8.21. The lowest BCUT2D eigenvalue weighted by molar-refractivity contribution is 0.0893. The van der Waals surface area contributed by atoms with Gasteiger partial charge in [0, 0.05) is 38.7 Å². The molecule has 0 radical (unpaired) electrons. The number of nitrogens with one attached hydrogen (secondary N) is 1. The number of nitrogens with zero attached hydrogens (tertiary/aromatic N) is 2. The molecule has 6 heteroatoms. The molecule has 23 heavy (non-hydrogen) atoms. The van der Waals surface area contributed by atoms with Crippen molar-refractivity contribution in [3.8, 4) is 0 Å². The second-order valence-electron chi connectivity index (χ2n) is 7.58. The van der Waals surface area contributed by atoms with Crippen LogP contribution in [-0.4, -0.2) is 36.6 Å². The number of fused-ring (bicyclic) bond motifs is 2. The molecule has 2 aromatic rings. The smallest absolute Gasteiger partial charge is 0.187 e. The summed E-state index contributed by atoms with van der Waals surface area (Å²) in [6.45, 7) is 10.9. The lowest BCUT2D eigenvalue weighted by Crippen LogP contribution is -2.28. The third-order valence-corrected chi connectivity index (χ3v) is 5.95. The number of carbonyl (C=O) groups is 1. The van der Waals surface area contributed by atoms with Gasteiger partial charge in [-0.25, -0.2) is 4.98 Å². The molecule has 0 amide bonds. The number of aromatic nitrogens is 2. The monoisotopic (exact) mass is 331 g/mol. The van der Waals surface area contributed by atoms with Crippen LogP contribution in [0, 0.1) is 5.92 Å². The van der Waals surface area contributed by atoms with Crippen molar-refractivity contribution in [3.63, 3.8) is 0 Å². The van der Waals surface area contributed by atoms with E-state index < -0.39 is 8.07 Å². The summed E-state index contributed by atoms with van der Waals surface area (Å²) in [6, 6.07) is 5.18. The zero-order chi connectivity index (χ0) is 16.6. The van der Waals surface area contributed by atoms with Gasteiger partial charge >= 0.3 is 0 Å². The molecule has 5 nitrogen and oxygen atoms in total. The molecule has 0 bridgehead atoms. The highest BCUT2D eigenvalue weighted by molar-refractivity contribution is 6.76. The summed E-state index contributed by atoms with van der Waals surface area (Å²) in [6.07, 6.45) is 1.98. The van der Waals surface area contributed by atoms with E-state index in [9.17, 15) is 4.79 Å². The zero-order valence-electron chi connectivity index (χ0n) is 14.3. The fourth-order valence-electron chi connectivity index (χ4n) is 2.67. The van der Waals surface area contributed by atoms with Gasteiger partial charge < -0.3 is 14.6 Å². The highest BCUT2D eigenvalue weighted by Crippen LogP contribution is 2.27. The molecule has 1 aliphatic heterocycles. The number of Topliss-reactive ketones (excluding diaryl/α,β-unsaturated/α-hetero) is 1. The summed E-state index contributed by atoms with van der Waals surface area (Å²) in [5.74, 6) is 0.0944. The van der Waals surface area contributed by atoms with Gasteiger partial charge in [0.05, 0.1) is 5.69 Å². The van der Waals surface area contributed by atoms with E-state index in [0.717, 1.165) is 29.4 Å². The number of ketones is 1. The number of carbonyl (C=O) groups excluding carboxylic acids is 1. The minimum Gasteiger partial charge on any atom is -0.382 e. The second kappa shape index (κ2) is 6.09. The minimum absolute atomic E-state index is 0.0242. The number of hydrogen-bond donors (Lipinski definition) is 1. The average molecular weight is 331 g/mol. The first-order valence-corrected chi connectivity index (χ1v) is 11.9. The molecule has 1 N–H and O–H groups in total. The molecule has 1 aliphatic rings. The van der Waals surface area contributed by atoms with E-state index in [1.165, 1.54) is 0 Å². The fraction of sp³-hybridized carbons (Fsp3) is 0.529. The van der Waals surface area contributed by atoms with Crippen LogP contribution in [0.15, 0.2) is 18.3 Å². The summed E-state index contributed by atoms with van der Waals surface area (Å²) in [4.78, 5) is 16.9. The maximum absolute atomic E-state index is 12.3. The number of ether oxygens (including phenoxy) is 1. The molecular weight excluding hydrogens is 306 g/mol. The minimum atomic E-state index is -1.07. The third-order valence-electron chi connectivity index (χ3n) is 4.24. The predicted molar refractivity (Wildman–Crippen MR) is 95.8 cm³/mol. The van der Waals surface area contributed by atoms with Crippen molar-refractivity contribution in [1.29, 1.82) is 0 Å². The van der Waals surface area contributed by atoms with Crippen LogP contribution in [0.4, 0.5) is 5.69 Å². The topological polar surface area (TPSA) is 56.1 Å². The van der Waals surface area contributed by atoms with Gasteiger partial charge in [0.1, 0.15) is 18.1 Å². The van der Waals surface area contributed by atoms with Crippen molar-refractivity contribution < 1.29 is 9.53 Å². The van der Waals surface area contributed by atoms with Crippen LogP contribution < -0.4 is 5.32 Å². The summed E-state index contributed by atoms with van der Waals surface area (Å²) in [5, 5.41) is 4.33. The molecule has 2 aromatic heterocycles. The van der Waals surface area contributed by atoms with Crippen LogP contribution in [0.2, 0.25) is 25.7 Å². The van der Waals surface area contributed by atoms with E-state index in [0.29, 0.717) is 19.0 Å². The Labute approximate surface area is 138 Å². The van der Waals surface area contributed by atoms with E-state index in [2.05, 4.69) is 29.9 Å². The molecule has 3 heterocycles. The Morgan fingerprint density at radius 2 is 2.22 bits per heavy atom. The van der Waals surface area contributed by atoms with Crippen molar-refractivity contribution in [2.24, 2.45) is 5.92 Å². The van der Waals surface area contributed by atoms with E-state index in [-0.39, 0.29) is 11.7 Å². The molecule has 0 fully saturated rings. The highest BCUT2D eigenvalue weighted by Gasteiger charge is 2.26. The molecule has 124 valence electrons. The summed E-state index contributed by atoms with van der Waals surface area (Å²) >= 11 is 0. The number of hydrogen-bond acceptors (Lipinski definition) is 4. The van der Waals surface area contributed by atoms with Crippen molar-refractivity contribution in [1.82, 2.24) is 9.55 Å². The van der Waals surface area contributed by atoms with Gasteiger partial charge in [0.25, 0.3) is 0 Å². The fourth-order valence-corrected chi connectivity index (χ4v) is 3.43. The van der Waals surface area contributed by atoms with Crippen LogP contribution in [-0.2, 0) is 11.5 Å². The van der Waals surface area contributed by atoms with Crippen LogP contribution in [0.25, 0.3) is 11.0 Å². The average Bonchev–Trinajstić information content (AvgIpc) is 2.87. The van der Waals surface area contributed by atoms with Crippen LogP contribution >= 0.6 is 0 Å². The van der Waals surface area contributed by atoms with Crippen molar-refractivity contribution in [2.75, 3.05) is 18.5 Å². The quantitative estimate of drug-likeness (QED) is 0.672. The van der Waals surface area contributed by atoms with Crippen molar-refractivity contribution in [2.45, 2.75) is 39.3 Å². The Kier molecular flexibility index (Phi) is 4.29. The number of anilines is 1. The maximum atomic E-state index is 12.3. The summed E-state index contributed by atoms with van der Waals surface area (Å²) in [5.41, 5.74) is 2.22. The Balaban J connectivity index is 1.79. The van der Waals surface area contributed by atoms with Crippen LogP contribution in [0.5, 0.6) is 0 Å². The van der Waals surface area contributed by atoms with Gasteiger partial charge in [0.15, 0.2) is 5.78 Å². The van der Waals surface area contributed by atoms with E-state index >= 15 is 0 Å². The summed E-state index contributed by atoms with van der Waals surface area (Å²) in [7, 11) is -1.07. The third kappa shape index (κ3) is 3.48. The molecule has 0 saturated heterocycles. The van der Waals surface area contributed by atoms with Gasteiger partial charge in [-0.15, -0.1) is 0 Å². The van der Waals surface area contributed by atoms with Gasteiger partial charge in [0.2, 0.25) is 0 Å². The normalized spacial score (nSPS) is 18.1. The van der Waals surface area contributed by atoms with Crippen molar-refractivity contribution >= 4 is 30.6 Å². The first kappa shape index (κ1) is 16.2. The molecular formula is C17H25N3O2Si. The molecule has 1 atom stereocenters. The van der Waals surface area contributed by atoms with Gasteiger partial charge in [-0.1, -0.05) is 26.6 Å². The second-order valence-corrected chi connectivity index (χ2v) is 13.2. The first-order chi connectivity index (χ1) is 10.8. The van der Waals surface area contributed by atoms with Gasteiger partial charge in [-0.2, -0.15) is 0 Å². The summed E-state index contributed by atoms with van der Waals surface area (Å²) < 4.78 is 7.79. The molecule has 0 unspecified atom stereocenters. The number of pyridine rings is 1. The maximum Gasteiger partial charge on any atom is 0.187 e. The highest BCUT2D eigenvalue weighted by atomic mass is 28.3. The molecule has 0 aromatic carbocycles. The lowest BCUT2D eigenvalue weighted by Gasteiger charge is -2.21. The Morgan fingerprint density at radius 3 is 2.96 bits per heavy atom. The van der Waals surface area contributed by atoms with E-state index in [1.807, 2.05) is 29.8 Å². The Morgan fingerprint density at radius 1 is 1.43 bits per heavy atom. The van der Waals surface area contributed by atoms with Gasteiger partial charge in [-0.05, 0) is 18.2 Å². The van der Waals surface area contributed by atoms with Crippen LogP contribution in [0.3, 0.4) is 0 Å². The number of rotatable bonds is 5. The van der Waals surface area contributed by atoms with E-state index in [1.54, 1.807) is 0 Å². The molecule has 0 saturated carbocycles. The molecule has 3 rings (SSSR count). The Bertz CT molecular complexity index is 733. The molecule has 0 aliphatic carbocycles. The van der Waals surface area contributed by atoms with Crippen molar-refractivity contribution in [3.05, 3.63) is 24.0 Å².